The van der Waals surface area contributed by atoms with Crippen LogP contribution in [-0.4, -0.2) is 9.97 Å². The lowest BCUT2D eigenvalue weighted by Crippen LogP contribution is -2.15. The van der Waals surface area contributed by atoms with Gasteiger partial charge in [-0.25, -0.2) is 9.97 Å². The van der Waals surface area contributed by atoms with Crippen LogP contribution in [0.3, 0.4) is 0 Å². The second-order valence-electron chi connectivity index (χ2n) is 7.59. The molecular formula is C25H24N2. The van der Waals surface area contributed by atoms with Gasteiger partial charge < -0.3 is 0 Å². The standard InChI is InChI=1S/C25H24N2/c1-4-25(2,3)20-16-14-19(15-17-20)24-23(18-10-6-5-7-11-18)26-21-12-8-9-13-22(21)27-24/h5-17H,4H2,1-3H3. The predicted molar refractivity (Wildman–Crippen MR) is 114 cm³/mol. The summed E-state index contributed by atoms with van der Waals surface area (Å²) in [6, 6.07) is 27.2. The van der Waals surface area contributed by atoms with Crippen molar-refractivity contribution in [2.24, 2.45) is 0 Å². The van der Waals surface area contributed by atoms with Gasteiger partial charge in [-0.2, -0.15) is 0 Å². The zero-order valence-electron chi connectivity index (χ0n) is 16.1. The fourth-order valence-corrected chi connectivity index (χ4v) is 3.28. The van der Waals surface area contributed by atoms with Gasteiger partial charge in [0.25, 0.3) is 0 Å². The fourth-order valence-electron chi connectivity index (χ4n) is 3.28. The van der Waals surface area contributed by atoms with Gasteiger partial charge in [-0.3, -0.25) is 0 Å². The Balaban J connectivity index is 1.90. The minimum atomic E-state index is 0.176. The average Bonchev–Trinajstić information content (AvgIpc) is 2.73. The summed E-state index contributed by atoms with van der Waals surface area (Å²) in [4.78, 5) is 9.92. The lowest BCUT2D eigenvalue weighted by atomic mass is 9.82. The first kappa shape index (κ1) is 17.4. The Morgan fingerprint density at radius 1 is 0.630 bits per heavy atom. The maximum atomic E-state index is 4.97. The Bertz CT molecular complexity index is 1060. The minimum Gasteiger partial charge on any atom is -0.244 e. The van der Waals surface area contributed by atoms with Crippen LogP contribution >= 0.6 is 0 Å². The monoisotopic (exact) mass is 352 g/mol. The van der Waals surface area contributed by atoms with Crippen molar-refractivity contribution in [3.63, 3.8) is 0 Å². The van der Waals surface area contributed by atoms with Gasteiger partial charge in [-0.05, 0) is 29.5 Å². The minimum absolute atomic E-state index is 0.176. The first-order valence-corrected chi connectivity index (χ1v) is 9.51. The number of rotatable bonds is 4. The molecule has 0 saturated carbocycles. The molecule has 1 heterocycles. The van der Waals surface area contributed by atoms with Gasteiger partial charge in [0.1, 0.15) is 0 Å². The number of aromatic nitrogens is 2. The van der Waals surface area contributed by atoms with Gasteiger partial charge in [-0.1, -0.05) is 87.5 Å². The molecular weight excluding hydrogens is 328 g/mol. The van der Waals surface area contributed by atoms with E-state index in [9.17, 15) is 0 Å². The summed E-state index contributed by atoms with van der Waals surface area (Å²) in [6.45, 7) is 6.80. The van der Waals surface area contributed by atoms with E-state index in [2.05, 4.69) is 57.2 Å². The van der Waals surface area contributed by atoms with Gasteiger partial charge in [-0.15, -0.1) is 0 Å². The molecule has 0 saturated heterocycles. The summed E-state index contributed by atoms with van der Waals surface area (Å²) in [5, 5.41) is 0. The van der Waals surface area contributed by atoms with E-state index < -0.39 is 0 Å². The summed E-state index contributed by atoms with van der Waals surface area (Å²) >= 11 is 0. The molecule has 0 atom stereocenters. The lowest BCUT2D eigenvalue weighted by molar-refractivity contribution is 0.506. The third-order valence-electron chi connectivity index (χ3n) is 5.44. The Kier molecular flexibility index (Phi) is 4.49. The molecule has 4 rings (SSSR count). The number of nitrogens with zero attached hydrogens (tertiary/aromatic N) is 2. The van der Waals surface area contributed by atoms with E-state index in [0.29, 0.717) is 0 Å². The van der Waals surface area contributed by atoms with E-state index in [1.165, 1.54) is 5.56 Å². The summed E-state index contributed by atoms with van der Waals surface area (Å²) < 4.78 is 0. The van der Waals surface area contributed by atoms with E-state index >= 15 is 0 Å². The fraction of sp³-hybridized carbons (Fsp3) is 0.200. The van der Waals surface area contributed by atoms with Crippen molar-refractivity contribution in [2.45, 2.75) is 32.6 Å². The van der Waals surface area contributed by atoms with Crippen molar-refractivity contribution in [1.29, 1.82) is 0 Å². The molecule has 0 aliphatic carbocycles. The third kappa shape index (κ3) is 3.35. The number of benzene rings is 3. The van der Waals surface area contributed by atoms with Gasteiger partial charge in [0.15, 0.2) is 0 Å². The molecule has 0 aliphatic heterocycles. The third-order valence-corrected chi connectivity index (χ3v) is 5.44. The largest absolute Gasteiger partial charge is 0.244 e. The quantitative estimate of drug-likeness (QED) is 0.411. The molecule has 2 heteroatoms. The van der Waals surface area contributed by atoms with Gasteiger partial charge >= 0.3 is 0 Å². The normalized spacial score (nSPS) is 11.7. The Morgan fingerprint density at radius 3 is 1.63 bits per heavy atom. The molecule has 0 radical (unpaired) electrons. The zero-order valence-corrected chi connectivity index (χ0v) is 16.1. The number of hydrogen-bond donors (Lipinski definition) is 0. The highest BCUT2D eigenvalue weighted by atomic mass is 14.8. The Hall–Kier alpha value is -3.00. The molecule has 2 nitrogen and oxygen atoms in total. The Morgan fingerprint density at radius 2 is 1.11 bits per heavy atom. The SMILES string of the molecule is CCC(C)(C)c1ccc(-c2nc3ccccc3nc2-c2ccccc2)cc1. The van der Waals surface area contributed by atoms with Gasteiger partial charge in [0.05, 0.1) is 22.4 Å². The van der Waals surface area contributed by atoms with E-state index in [-0.39, 0.29) is 5.41 Å². The van der Waals surface area contributed by atoms with Crippen molar-refractivity contribution in [3.05, 3.63) is 84.4 Å². The van der Waals surface area contributed by atoms with E-state index in [1.807, 2.05) is 42.5 Å². The highest BCUT2D eigenvalue weighted by Crippen LogP contribution is 2.33. The molecule has 134 valence electrons. The van der Waals surface area contributed by atoms with Crippen LogP contribution < -0.4 is 0 Å². The molecule has 3 aromatic carbocycles. The Labute approximate surface area is 160 Å². The molecule has 0 spiro atoms. The van der Waals surface area contributed by atoms with Gasteiger partial charge in [0.2, 0.25) is 0 Å². The van der Waals surface area contributed by atoms with Crippen LogP contribution in [0.2, 0.25) is 0 Å². The van der Waals surface area contributed by atoms with Gasteiger partial charge in [0, 0.05) is 11.1 Å². The molecule has 0 amide bonds. The summed E-state index contributed by atoms with van der Waals surface area (Å²) in [7, 11) is 0. The number of para-hydroxylation sites is 2. The maximum absolute atomic E-state index is 4.97. The van der Waals surface area contributed by atoms with Crippen LogP contribution in [0.15, 0.2) is 78.9 Å². The maximum Gasteiger partial charge on any atom is 0.0973 e. The number of hydrogen-bond acceptors (Lipinski definition) is 2. The summed E-state index contributed by atoms with van der Waals surface area (Å²) in [6.07, 6.45) is 1.11. The molecule has 0 unspecified atom stereocenters. The summed E-state index contributed by atoms with van der Waals surface area (Å²) in [5.41, 5.74) is 7.41. The van der Waals surface area contributed by atoms with Crippen LogP contribution in [0.5, 0.6) is 0 Å². The first-order valence-electron chi connectivity index (χ1n) is 9.51. The highest BCUT2D eigenvalue weighted by Gasteiger charge is 2.19. The molecule has 0 fully saturated rings. The van der Waals surface area contributed by atoms with Crippen molar-refractivity contribution >= 4 is 11.0 Å². The predicted octanol–water partition coefficient (Wildman–Crippen LogP) is 6.65. The molecule has 0 bridgehead atoms. The van der Waals surface area contributed by atoms with E-state index in [4.69, 9.17) is 9.97 Å². The first-order chi connectivity index (χ1) is 13.1. The summed E-state index contributed by atoms with van der Waals surface area (Å²) in [5.74, 6) is 0. The van der Waals surface area contributed by atoms with Crippen LogP contribution in [0.4, 0.5) is 0 Å². The lowest BCUT2D eigenvalue weighted by Gasteiger charge is -2.23. The second kappa shape index (κ2) is 6.96. The van der Waals surface area contributed by atoms with Crippen molar-refractivity contribution in [2.75, 3.05) is 0 Å². The molecule has 0 N–H and O–H groups in total. The topological polar surface area (TPSA) is 25.8 Å². The van der Waals surface area contributed by atoms with Crippen molar-refractivity contribution in [3.8, 4) is 22.5 Å². The van der Waals surface area contributed by atoms with Crippen molar-refractivity contribution in [1.82, 2.24) is 9.97 Å². The second-order valence-corrected chi connectivity index (χ2v) is 7.59. The van der Waals surface area contributed by atoms with Crippen LogP contribution in [0.1, 0.15) is 32.8 Å². The van der Waals surface area contributed by atoms with Crippen molar-refractivity contribution < 1.29 is 0 Å². The van der Waals surface area contributed by atoms with E-state index in [1.54, 1.807) is 0 Å². The van der Waals surface area contributed by atoms with Crippen LogP contribution in [-0.2, 0) is 5.41 Å². The smallest absolute Gasteiger partial charge is 0.0973 e. The van der Waals surface area contributed by atoms with E-state index in [0.717, 1.165) is 40.0 Å². The molecule has 27 heavy (non-hydrogen) atoms. The zero-order chi connectivity index (χ0) is 18.9. The molecule has 4 aromatic rings. The van der Waals surface area contributed by atoms with Crippen LogP contribution in [0, 0.1) is 0 Å². The highest BCUT2D eigenvalue weighted by molar-refractivity contribution is 5.86. The van der Waals surface area contributed by atoms with Crippen LogP contribution in [0.25, 0.3) is 33.5 Å². The molecule has 0 aliphatic rings. The average molecular weight is 352 g/mol. The molecule has 1 aromatic heterocycles. The number of fused-ring (bicyclic) bond motifs is 1.